The summed E-state index contributed by atoms with van der Waals surface area (Å²) in [5.74, 6) is 0. The molecule has 42 heavy (non-hydrogen) atoms. The second-order valence-electron chi connectivity index (χ2n) is 10.6. The van der Waals surface area contributed by atoms with Crippen molar-refractivity contribution in [3.05, 3.63) is 164 Å². The van der Waals surface area contributed by atoms with Crippen LogP contribution in [0.3, 0.4) is 0 Å². The van der Waals surface area contributed by atoms with E-state index in [1.807, 2.05) is 0 Å². The molecule has 0 N–H and O–H groups in total. The molecule has 0 aliphatic rings. The zero-order valence-electron chi connectivity index (χ0n) is 22.9. The molecule has 198 valence electrons. The van der Waals surface area contributed by atoms with Gasteiger partial charge in [0.25, 0.3) is 0 Å². The summed E-state index contributed by atoms with van der Waals surface area (Å²) >= 11 is 0. The molecule has 7 aromatic carbocycles. The number of anilines is 3. The topological polar surface area (TPSA) is 16.4 Å². The molecule has 0 atom stereocenters. The van der Waals surface area contributed by atoms with E-state index in [0.29, 0.717) is 0 Å². The van der Waals surface area contributed by atoms with Gasteiger partial charge in [-0.1, -0.05) is 121 Å². The Morgan fingerprint density at radius 3 is 1.71 bits per heavy atom. The van der Waals surface area contributed by atoms with Crippen LogP contribution in [0.15, 0.2) is 168 Å². The molecule has 0 amide bonds. The molecule has 0 bridgehead atoms. The molecular weight excluding hydrogens is 510 g/mol. The molecule has 0 spiro atoms. The summed E-state index contributed by atoms with van der Waals surface area (Å²) < 4.78 is 6.86. The standard InChI is InChI=1S/C40H27NO/c1-4-12-28(13-5-1)29-20-23-33(24-21-29)41(32-17-8-3-9-18-32)37-27-26-35(30-14-6-2-7-15-30)40-38(37)36-25-22-31-16-10-11-19-34(31)39(36)42-40/h1-27H. The molecule has 0 aliphatic carbocycles. The van der Waals surface area contributed by atoms with Crippen LogP contribution < -0.4 is 4.90 Å². The summed E-state index contributed by atoms with van der Waals surface area (Å²) in [4.78, 5) is 2.34. The van der Waals surface area contributed by atoms with E-state index in [2.05, 4.69) is 169 Å². The van der Waals surface area contributed by atoms with Crippen molar-refractivity contribution in [1.29, 1.82) is 0 Å². The molecule has 0 aliphatic heterocycles. The maximum atomic E-state index is 6.86. The third-order valence-electron chi connectivity index (χ3n) is 8.06. The fraction of sp³-hybridized carbons (Fsp3) is 0. The lowest BCUT2D eigenvalue weighted by atomic mass is 9.98. The van der Waals surface area contributed by atoms with Crippen molar-refractivity contribution >= 4 is 49.8 Å². The van der Waals surface area contributed by atoms with Crippen LogP contribution in [0.1, 0.15) is 0 Å². The summed E-state index contributed by atoms with van der Waals surface area (Å²) in [6, 6.07) is 57.8. The van der Waals surface area contributed by atoms with E-state index in [9.17, 15) is 0 Å². The van der Waals surface area contributed by atoms with Crippen molar-refractivity contribution in [2.45, 2.75) is 0 Å². The van der Waals surface area contributed by atoms with Gasteiger partial charge in [0.15, 0.2) is 0 Å². The number of hydrogen-bond donors (Lipinski definition) is 0. The maximum Gasteiger partial charge on any atom is 0.145 e. The van der Waals surface area contributed by atoms with Crippen molar-refractivity contribution in [2.24, 2.45) is 0 Å². The quantitative estimate of drug-likeness (QED) is 0.217. The lowest BCUT2D eigenvalue weighted by Crippen LogP contribution is -2.10. The van der Waals surface area contributed by atoms with Gasteiger partial charge in [0, 0.05) is 27.7 Å². The van der Waals surface area contributed by atoms with E-state index in [4.69, 9.17) is 4.42 Å². The Morgan fingerprint density at radius 2 is 0.976 bits per heavy atom. The van der Waals surface area contributed by atoms with Crippen LogP contribution in [-0.4, -0.2) is 0 Å². The van der Waals surface area contributed by atoms with Crippen LogP contribution in [-0.2, 0) is 0 Å². The van der Waals surface area contributed by atoms with E-state index in [0.717, 1.165) is 55.5 Å². The van der Waals surface area contributed by atoms with Gasteiger partial charge in [-0.25, -0.2) is 0 Å². The minimum atomic E-state index is 0.895. The molecule has 0 radical (unpaired) electrons. The minimum absolute atomic E-state index is 0.895. The first-order valence-corrected chi connectivity index (χ1v) is 14.3. The Bertz CT molecular complexity index is 2160. The summed E-state index contributed by atoms with van der Waals surface area (Å²) in [5.41, 5.74) is 9.69. The van der Waals surface area contributed by atoms with Crippen LogP contribution in [0.2, 0.25) is 0 Å². The monoisotopic (exact) mass is 537 g/mol. The zero-order chi connectivity index (χ0) is 27.9. The summed E-state index contributed by atoms with van der Waals surface area (Å²) in [6.45, 7) is 0. The zero-order valence-corrected chi connectivity index (χ0v) is 22.9. The van der Waals surface area contributed by atoms with Crippen LogP contribution in [0, 0.1) is 0 Å². The fourth-order valence-electron chi connectivity index (χ4n) is 6.06. The smallest absolute Gasteiger partial charge is 0.145 e. The number of fused-ring (bicyclic) bond motifs is 5. The maximum absolute atomic E-state index is 6.86. The van der Waals surface area contributed by atoms with Crippen LogP contribution in [0.4, 0.5) is 17.1 Å². The number of hydrogen-bond acceptors (Lipinski definition) is 2. The second-order valence-corrected chi connectivity index (χ2v) is 10.6. The molecule has 8 rings (SSSR count). The molecule has 1 aromatic heterocycles. The van der Waals surface area contributed by atoms with E-state index in [-0.39, 0.29) is 0 Å². The highest BCUT2D eigenvalue weighted by atomic mass is 16.3. The number of nitrogens with zero attached hydrogens (tertiary/aromatic N) is 1. The molecule has 0 saturated carbocycles. The Kier molecular flexibility index (Phi) is 5.82. The predicted octanol–water partition coefficient (Wildman–Crippen LogP) is 11.5. The largest absolute Gasteiger partial charge is 0.455 e. The molecule has 1 heterocycles. The van der Waals surface area contributed by atoms with Gasteiger partial charge in [0.1, 0.15) is 11.2 Å². The van der Waals surface area contributed by atoms with Crippen molar-refractivity contribution in [3.8, 4) is 22.3 Å². The Labute approximate surface area is 244 Å². The van der Waals surface area contributed by atoms with Crippen LogP contribution in [0.25, 0.3) is 55.0 Å². The Morgan fingerprint density at radius 1 is 0.381 bits per heavy atom. The first-order chi connectivity index (χ1) is 20.8. The van der Waals surface area contributed by atoms with E-state index in [1.165, 1.54) is 16.5 Å². The minimum Gasteiger partial charge on any atom is -0.455 e. The van der Waals surface area contributed by atoms with Crippen molar-refractivity contribution < 1.29 is 4.42 Å². The average Bonchev–Trinajstić information content (AvgIpc) is 3.47. The van der Waals surface area contributed by atoms with Crippen molar-refractivity contribution in [3.63, 3.8) is 0 Å². The Balaban J connectivity index is 1.42. The molecule has 2 heteroatoms. The third-order valence-corrected chi connectivity index (χ3v) is 8.06. The van der Waals surface area contributed by atoms with Gasteiger partial charge in [0.05, 0.1) is 11.1 Å². The number of furan rings is 1. The van der Waals surface area contributed by atoms with Crippen LogP contribution >= 0.6 is 0 Å². The normalized spacial score (nSPS) is 11.3. The SMILES string of the molecule is c1ccc(-c2ccc(N(c3ccccc3)c3ccc(-c4ccccc4)c4oc5c6ccccc6ccc5c34)cc2)cc1. The van der Waals surface area contributed by atoms with Crippen molar-refractivity contribution in [1.82, 2.24) is 0 Å². The van der Waals surface area contributed by atoms with Gasteiger partial charge in [-0.2, -0.15) is 0 Å². The van der Waals surface area contributed by atoms with E-state index < -0.39 is 0 Å². The first-order valence-electron chi connectivity index (χ1n) is 14.3. The number of benzene rings is 7. The average molecular weight is 538 g/mol. The molecule has 0 fully saturated rings. The predicted molar refractivity (Wildman–Crippen MR) is 177 cm³/mol. The summed E-state index contributed by atoms with van der Waals surface area (Å²) in [7, 11) is 0. The molecule has 2 nitrogen and oxygen atoms in total. The van der Waals surface area contributed by atoms with Gasteiger partial charge < -0.3 is 9.32 Å². The number of para-hydroxylation sites is 1. The van der Waals surface area contributed by atoms with Gasteiger partial charge in [0.2, 0.25) is 0 Å². The fourth-order valence-corrected chi connectivity index (χ4v) is 6.06. The van der Waals surface area contributed by atoms with Crippen LogP contribution in [0.5, 0.6) is 0 Å². The van der Waals surface area contributed by atoms with Gasteiger partial charge >= 0.3 is 0 Å². The highest BCUT2D eigenvalue weighted by molar-refractivity contribution is 6.22. The molecule has 0 unspecified atom stereocenters. The Hall–Kier alpha value is -5.60. The van der Waals surface area contributed by atoms with Gasteiger partial charge in [-0.15, -0.1) is 0 Å². The molecule has 8 aromatic rings. The summed E-state index contributed by atoms with van der Waals surface area (Å²) in [6.07, 6.45) is 0. The molecule has 0 saturated heterocycles. The number of rotatable bonds is 5. The highest BCUT2D eigenvalue weighted by Crippen LogP contribution is 2.47. The van der Waals surface area contributed by atoms with Crippen molar-refractivity contribution in [2.75, 3.05) is 4.90 Å². The third kappa shape index (κ3) is 4.05. The lowest BCUT2D eigenvalue weighted by Gasteiger charge is -2.27. The van der Waals surface area contributed by atoms with Gasteiger partial charge in [-0.3, -0.25) is 0 Å². The summed E-state index contributed by atoms with van der Waals surface area (Å²) in [5, 5.41) is 4.50. The lowest BCUT2D eigenvalue weighted by molar-refractivity contribution is 0.674. The highest BCUT2D eigenvalue weighted by Gasteiger charge is 2.22. The second kappa shape index (κ2) is 10.1. The first kappa shape index (κ1) is 24.2. The van der Waals surface area contributed by atoms with E-state index >= 15 is 0 Å². The molecular formula is C40H27NO. The van der Waals surface area contributed by atoms with Gasteiger partial charge in [-0.05, 0) is 64.5 Å². The van der Waals surface area contributed by atoms with E-state index in [1.54, 1.807) is 0 Å².